The Hall–Kier alpha value is -2.63. The molecule has 2 aromatic rings. The number of benzene rings is 1. The second-order valence-electron chi connectivity index (χ2n) is 6.50. The SMILES string of the molecule is C[C@@H]1CCCC[C@@H]1NC(=O)COC(=O)c1cc2ccccc2oc1=O. The van der Waals surface area contributed by atoms with Crippen LogP contribution in [0, 0.1) is 5.92 Å². The molecule has 1 aromatic carbocycles. The maximum absolute atomic E-state index is 12.1. The minimum absolute atomic E-state index is 0.116. The lowest BCUT2D eigenvalue weighted by Gasteiger charge is -2.29. The summed E-state index contributed by atoms with van der Waals surface area (Å²) in [5.74, 6) is -0.787. The van der Waals surface area contributed by atoms with Crippen molar-refractivity contribution < 1.29 is 18.7 Å². The van der Waals surface area contributed by atoms with Gasteiger partial charge in [-0.15, -0.1) is 0 Å². The molecule has 25 heavy (non-hydrogen) atoms. The van der Waals surface area contributed by atoms with Gasteiger partial charge in [0.1, 0.15) is 11.1 Å². The summed E-state index contributed by atoms with van der Waals surface area (Å²) >= 11 is 0. The van der Waals surface area contributed by atoms with Gasteiger partial charge in [0.25, 0.3) is 5.91 Å². The molecule has 0 radical (unpaired) electrons. The van der Waals surface area contributed by atoms with E-state index in [-0.39, 0.29) is 17.5 Å². The van der Waals surface area contributed by atoms with Crippen molar-refractivity contribution in [2.75, 3.05) is 6.61 Å². The minimum Gasteiger partial charge on any atom is -0.452 e. The molecule has 1 heterocycles. The van der Waals surface area contributed by atoms with E-state index >= 15 is 0 Å². The first kappa shape index (κ1) is 17.2. The normalized spacial score (nSPS) is 20.2. The summed E-state index contributed by atoms with van der Waals surface area (Å²) in [5.41, 5.74) is -0.587. The molecule has 0 unspecified atom stereocenters. The lowest BCUT2D eigenvalue weighted by molar-refractivity contribution is -0.125. The fraction of sp³-hybridized carbons (Fsp3) is 0.421. The second-order valence-corrected chi connectivity index (χ2v) is 6.50. The van der Waals surface area contributed by atoms with Crippen LogP contribution in [0.5, 0.6) is 0 Å². The molecule has 1 saturated carbocycles. The van der Waals surface area contributed by atoms with Gasteiger partial charge in [-0.05, 0) is 30.9 Å². The molecule has 0 spiro atoms. The third-order valence-electron chi connectivity index (χ3n) is 4.65. The van der Waals surface area contributed by atoms with Crippen molar-refractivity contribution in [1.29, 1.82) is 0 Å². The maximum atomic E-state index is 12.1. The van der Waals surface area contributed by atoms with Gasteiger partial charge in [-0.25, -0.2) is 9.59 Å². The van der Waals surface area contributed by atoms with Crippen LogP contribution in [0.2, 0.25) is 0 Å². The van der Waals surface area contributed by atoms with Crippen LogP contribution in [0.15, 0.2) is 39.5 Å². The van der Waals surface area contributed by atoms with Crippen LogP contribution >= 0.6 is 0 Å². The Kier molecular flexibility index (Phi) is 5.16. The summed E-state index contributed by atoms with van der Waals surface area (Å²) in [4.78, 5) is 36.0. The van der Waals surface area contributed by atoms with Crippen molar-refractivity contribution in [2.45, 2.75) is 38.6 Å². The molecule has 6 heteroatoms. The molecule has 1 amide bonds. The summed E-state index contributed by atoms with van der Waals surface area (Å²) in [6, 6.07) is 8.42. The smallest absolute Gasteiger partial charge is 0.351 e. The minimum atomic E-state index is -0.855. The van der Waals surface area contributed by atoms with E-state index in [1.165, 1.54) is 12.5 Å². The molecule has 0 saturated heterocycles. The van der Waals surface area contributed by atoms with Crippen molar-refractivity contribution in [3.8, 4) is 0 Å². The van der Waals surface area contributed by atoms with E-state index in [0.717, 1.165) is 19.3 Å². The molecule has 1 N–H and O–H groups in total. The van der Waals surface area contributed by atoms with E-state index in [0.29, 0.717) is 16.9 Å². The van der Waals surface area contributed by atoms with Crippen molar-refractivity contribution in [3.63, 3.8) is 0 Å². The van der Waals surface area contributed by atoms with Crippen molar-refractivity contribution in [1.82, 2.24) is 5.32 Å². The van der Waals surface area contributed by atoms with E-state index < -0.39 is 18.2 Å². The first-order valence-electron chi connectivity index (χ1n) is 8.54. The Morgan fingerprint density at radius 1 is 1.24 bits per heavy atom. The number of nitrogens with one attached hydrogen (secondary N) is 1. The Balaban J connectivity index is 1.61. The van der Waals surface area contributed by atoms with Gasteiger partial charge in [0.2, 0.25) is 0 Å². The molecule has 0 bridgehead atoms. The van der Waals surface area contributed by atoms with Gasteiger partial charge in [-0.3, -0.25) is 4.79 Å². The third-order valence-corrected chi connectivity index (χ3v) is 4.65. The molecular formula is C19H21NO5. The zero-order chi connectivity index (χ0) is 17.8. The predicted octanol–water partition coefficient (Wildman–Crippen LogP) is 2.64. The van der Waals surface area contributed by atoms with Crippen LogP contribution in [-0.2, 0) is 9.53 Å². The number of carbonyl (C=O) groups excluding carboxylic acids is 2. The molecule has 1 aliphatic rings. The van der Waals surface area contributed by atoms with Crippen molar-refractivity contribution in [2.24, 2.45) is 5.92 Å². The summed E-state index contributed by atoms with van der Waals surface area (Å²) in [5, 5.41) is 3.52. The van der Waals surface area contributed by atoms with Crippen LogP contribution in [0.25, 0.3) is 11.0 Å². The Morgan fingerprint density at radius 3 is 2.80 bits per heavy atom. The monoisotopic (exact) mass is 343 g/mol. The molecule has 3 rings (SSSR count). The van der Waals surface area contributed by atoms with Crippen LogP contribution in [0.3, 0.4) is 0 Å². The highest BCUT2D eigenvalue weighted by Gasteiger charge is 2.23. The number of fused-ring (bicyclic) bond motifs is 1. The largest absolute Gasteiger partial charge is 0.452 e. The number of carbonyl (C=O) groups is 2. The molecular weight excluding hydrogens is 322 g/mol. The van der Waals surface area contributed by atoms with Crippen LogP contribution in [0.1, 0.15) is 43.0 Å². The topological polar surface area (TPSA) is 85.6 Å². The molecule has 0 aliphatic heterocycles. The Morgan fingerprint density at radius 2 is 2.00 bits per heavy atom. The molecule has 2 atom stereocenters. The first-order valence-corrected chi connectivity index (χ1v) is 8.54. The van der Waals surface area contributed by atoms with Gasteiger partial charge in [-0.1, -0.05) is 38.0 Å². The Labute approximate surface area is 145 Å². The van der Waals surface area contributed by atoms with Gasteiger partial charge in [-0.2, -0.15) is 0 Å². The highest BCUT2D eigenvalue weighted by molar-refractivity contribution is 5.94. The number of amides is 1. The highest BCUT2D eigenvalue weighted by Crippen LogP contribution is 2.23. The zero-order valence-corrected chi connectivity index (χ0v) is 14.1. The van der Waals surface area contributed by atoms with E-state index in [4.69, 9.17) is 9.15 Å². The van der Waals surface area contributed by atoms with Crippen molar-refractivity contribution >= 4 is 22.8 Å². The lowest BCUT2D eigenvalue weighted by atomic mass is 9.86. The zero-order valence-electron chi connectivity index (χ0n) is 14.1. The number of rotatable bonds is 4. The van der Waals surface area contributed by atoms with Gasteiger partial charge in [0.15, 0.2) is 6.61 Å². The van der Waals surface area contributed by atoms with E-state index in [9.17, 15) is 14.4 Å². The van der Waals surface area contributed by atoms with Crippen molar-refractivity contribution in [3.05, 3.63) is 46.3 Å². The standard InChI is InChI=1S/C19H21NO5/c1-12-6-2-4-8-15(12)20-17(21)11-24-18(22)14-10-13-7-3-5-9-16(13)25-19(14)23/h3,5,7,9-10,12,15H,2,4,6,8,11H2,1H3,(H,20,21)/t12-,15+/m1/s1. The third kappa shape index (κ3) is 4.07. The molecule has 6 nitrogen and oxygen atoms in total. The van der Waals surface area contributed by atoms with Crippen LogP contribution < -0.4 is 10.9 Å². The second kappa shape index (κ2) is 7.51. The Bertz CT molecular complexity index is 841. The predicted molar refractivity (Wildman–Crippen MR) is 92.3 cm³/mol. The van der Waals surface area contributed by atoms with E-state index in [2.05, 4.69) is 12.2 Å². The summed E-state index contributed by atoms with van der Waals surface area (Å²) in [6.07, 6.45) is 4.30. The molecule has 1 fully saturated rings. The van der Waals surface area contributed by atoms with Gasteiger partial charge < -0.3 is 14.5 Å². The lowest BCUT2D eigenvalue weighted by Crippen LogP contribution is -2.43. The van der Waals surface area contributed by atoms with Gasteiger partial charge in [0.05, 0.1) is 0 Å². The van der Waals surface area contributed by atoms with E-state index in [1.54, 1.807) is 24.3 Å². The molecule has 132 valence electrons. The first-order chi connectivity index (χ1) is 12.0. The fourth-order valence-electron chi connectivity index (χ4n) is 3.19. The van der Waals surface area contributed by atoms with Crippen LogP contribution in [0.4, 0.5) is 0 Å². The average Bonchev–Trinajstić information content (AvgIpc) is 2.61. The number of hydrogen-bond donors (Lipinski definition) is 1. The quantitative estimate of drug-likeness (QED) is 0.681. The number of para-hydroxylation sites is 1. The highest BCUT2D eigenvalue weighted by atomic mass is 16.5. The molecule has 1 aromatic heterocycles. The summed E-state index contributed by atoms with van der Waals surface area (Å²) < 4.78 is 10.1. The summed E-state index contributed by atoms with van der Waals surface area (Å²) in [6.45, 7) is 1.70. The van der Waals surface area contributed by atoms with Crippen LogP contribution in [-0.4, -0.2) is 24.5 Å². The van der Waals surface area contributed by atoms with Gasteiger partial charge in [0, 0.05) is 11.4 Å². The number of ether oxygens (including phenoxy) is 1. The van der Waals surface area contributed by atoms with Gasteiger partial charge >= 0.3 is 11.6 Å². The average molecular weight is 343 g/mol. The maximum Gasteiger partial charge on any atom is 0.351 e. The molecule has 1 aliphatic carbocycles. The van der Waals surface area contributed by atoms with E-state index in [1.807, 2.05) is 0 Å². The number of esters is 1. The fourth-order valence-corrected chi connectivity index (χ4v) is 3.19. The summed E-state index contributed by atoms with van der Waals surface area (Å²) in [7, 11) is 0. The number of hydrogen-bond acceptors (Lipinski definition) is 5.